The third kappa shape index (κ3) is 3.07. The lowest BCUT2D eigenvalue weighted by Crippen LogP contribution is -2.31. The summed E-state index contributed by atoms with van der Waals surface area (Å²) in [5.41, 5.74) is 1.98. The maximum Gasteiger partial charge on any atom is 0.244 e. The maximum atomic E-state index is 12.0. The van der Waals surface area contributed by atoms with Gasteiger partial charge in [-0.15, -0.1) is 0 Å². The summed E-state index contributed by atoms with van der Waals surface area (Å²) in [7, 11) is 0. The number of anilines is 1. The normalized spacial score (nSPS) is 13.6. The Labute approximate surface area is 102 Å². The lowest BCUT2D eigenvalue weighted by Gasteiger charge is -2.18. The second-order valence-electron chi connectivity index (χ2n) is 4.63. The topological polar surface area (TPSA) is 52.9 Å². The molecule has 0 aliphatic rings. The molecule has 0 heterocycles. The van der Waals surface area contributed by atoms with Gasteiger partial charge in [0.15, 0.2) is 0 Å². The molecule has 90 valence electrons. The summed E-state index contributed by atoms with van der Waals surface area (Å²) < 4.78 is 0. The predicted molar refractivity (Wildman–Crippen MR) is 68.6 cm³/mol. The van der Waals surface area contributed by atoms with Crippen LogP contribution in [0.25, 0.3) is 0 Å². The molecule has 0 spiro atoms. The Hall–Kier alpha value is -1.82. The molecular formula is C14H18N2O. The van der Waals surface area contributed by atoms with E-state index in [1.165, 1.54) is 0 Å². The van der Waals surface area contributed by atoms with Crippen LogP contribution in [0.4, 0.5) is 5.69 Å². The van der Waals surface area contributed by atoms with E-state index in [0.717, 1.165) is 16.8 Å². The minimum absolute atomic E-state index is 0.243. The van der Waals surface area contributed by atoms with E-state index in [2.05, 4.69) is 11.4 Å². The summed E-state index contributed by atoms with van der Waals surface area (Å²) in [6, 6.07) is 7.91. The Morgan fingerprint density at radius 2 is 1.88 bits per heavy atom. The highest BCUT2D eigenvalue weighted by Crippen LogP contribution is 2.23. The molecule has 3 heteroatoms. The van der Waals surface area contributed by atoms with Crippen molar-refractivity contribution >= 4 is 11.6 Å². The predicted octanol–water partition coefficient (Wildman–Crippen LogP) is 3.18. The van der Waals surface area contributed by atoms with E-state index in [0.29, 0.717) is 6.42 Å². The molecule has 0 saturated heterocycles. The second-order valence-corrected chi connectivity index (χ2v) is 4.63. The zero-order valence-electron chi connectivity index (χ0n) is 10.8. The van der Waals surface area contributed by atoms with E-state index in [9.17, 15) is 4.79 Å². The summed E-state index contributed by atoms with van der Waals surface area (Å²) in [5.74, 6) is -0.243. The molecule has 0 saturated carbocycles. The van der Waals surface area contributed by atoms with Crippen LogP contribution in [0.2, 0.25) is 0 Å². The number of amides is 1. The van der Waals surface area contributed by atoms with Gasteiger partial charge in [0, 0.05) is 5.69 Å². The minimum Gasteiger partial charge on any atom is -0.325 e. The van der Waals surface area contributed by atoms with Gasteiger partial charge in [0.1, 0.15) is 5.41 Å². The summed E-state index contributed by atoms with van der Waals surface area (Å²) in [5, 5.41) is 11.8. The molecular weight excluding hydrogens is 212 g/mol. The first kappa shape index (κ1) is 13.2. The highest BCUT2D eigenvalue weighted by molar-refractivity contribution is 5.97. The van der Waals surface area contributed by atoms with Gasteiger partial charge in [-0.25, -0.2) is 0 Å². The SMILES string of the molecule is CCC(C)(C#N)C(=O)Nc1cc(C)cc(C)c1. The number of nitrogens with zero attached hydrogens (tertiary/aromatic N) is 1. The van der Waals surface area contributed by atoms with Gasteiger partial charge in [0.05, 0.1) is 6.07 Å². The molecule has 1 rings (SSSR count). The average Bonchev–Trinajstić information content (AvgIpc) is 2.26. The molecule has 1 amide bonds. The molecule has 17 heavy (non-hydrogen) atoms. The first-order valence-electron chi connectivity index (χ1n) is 5.72. The summed E-state index contributed by atoms with van der Waals surface area (Å²) in [4.78, 5) is 12.0. The molecule has 0 aliphatic carbocycles. The number of carbonyl (C=O) groups is 1. The Kier molecular flexibility index (Phi) is 3.90. The largest absolute Gasteiger partial charge is 0.325 e. The van der Waals surface area contributed by atoms with Crippen molar-refractivity contribution in [2.75, 3.05) is 5.32 Å². The highest BCUT2D eigenvalue weighted by atomic mass is 16.2. The van der Waals surface area contributed by atoms with Crippen LogP contribution in [0.3, 0.4) is 0 Å². The van der Waals surface area contributed by atoms with Crippen LogP contribution in [-0.2, 0) is 4.79 Å². The number of nitrogens with one attached hydrogen (secondary N) is 1. The Bertz CT molecular complexity index is 453. The summed E-state index contributed by atoms with van der Waals surface area (Å²) in [6.07, 6.45) is 0.500. The van der Waals surface area contributed by atoms with Crippen molar-refractivity contribution in [2.45, 2.75) is 34.1 Å². The van der Waals surface area contributed by atoms with Gasteiger partial charge in [-0.3, -0.25) is 4.79 Å². The van der Waals surface area contributed by atoms with E-state index in [4.69, 9.17) is 5.26 Å². The van der Waals surface area contributed by atoms with Crippen LogP contribution in [-0.4, -0.2) is 5.91 Å². The number of carbonyl (C=O) groups excluding carboxylic acids is 1. The standard InChI is InChI=1S/C14H18N2O/c1-5-14(4,9-15)13(17)16-12-7-10(2)6-11(3)8-12/h6-8H,5H2,1-4H3,(H,16,17). The molecule has 1 aromatic carbocycles. The van der Waals surface area contributed by atoms with E-state index >= 15 is 0 Å². The number of benzene rings is 1. The minimum atomic E-state index is -0.961. The number of hydrogen-bond acceptors (Lipinski definition) is 2. The first-order chi connectivity index (χ1) is 7.91. The van der Waals surface area contributed by atoms with Crippen molar-refractivity contribution in [2.24, 2.45) is 5.41 Å². The molecule has 0 radical (unpaired) electrons. The maximum absolute atomic E-state index is 12.0. The van der Waals surface area contributed by atoms with Crippen LogP contribution in [0.5, 0.6) is 0 Å². The molecule has 1 unspecified atom stereocenters. The van der Waals surface area contributed by atoms with Gasteiger partial charge in [-0.2, -0.15) is 5.26 Å². The van der Waals surface area contributed by atoms with Crippen molar-refractivity contribution in [3.8, 4) is 6.07 Å². The van der Waals surface area contributed by atoms with Crippen LogP contribution in [0.1, 0.15) is 31.4 Å². The van der Waals surface area contributed by atoms with Crippen LogP contribution < -0.4 is 5.32 Å². The number of hydrogen-bond donors (Lipinski definition) is 1. The average molecular weight is 230 g/mol. The van der Waals surface area contributed by atoms with Gasteiger partial charge in [0.25, 0.3) is 0 Å². The molecule has 0 aliphatic heterocycles. The first-order valence-corrected chi connectivity index (χ1v) is 5.72. The van der Waals surface area contributed by atoms with E-state index in [1.807, 2.05) is 39.0 Å². The van der Waals surface area contributed by atoms with Gasteiger partial charge in [-0.05, 0) is 50.5 Å². The number of nitriles is 1. The Morgan fingerprint density at radius 1 is 1.35 bits per heavy atom. The molecule has 0 bridgehead atoms. The highest BCUT2D eigenvalue weighted by Gasteiger charge is 2.31. The van der Waals surface area contributed by atoms with Crippen molar-refractivity contribution in [1.29, 1.82) is 5.26 Å². The fraction of sp³-hybridized carbons (Fsp3) is 0.429. The van der Waals surface area contributed by atoms with Crippen LogP contribution in [0, 0.1) is 30.6 Å². The molecule has 0 fully saturated rings. The van der Waals surface area contributed by atoms with Gasteiger partial charge < -0.3 is 5.32 Å². The van der Waals surface area contributed by atoms with Crippen LogP contribution >= 0.6 is 0 Å². The lowest BCUT2D eigenvalue weighted by atomic mass is 9.88. The van der Waals surface area contributed by atoms with Crippen molar-refractivity contribution < 1.29 is 4.79 Å². The van der Waals surface area contributed by atoms with Gasteiger partial charge in [0.2, 0.25) is 5.91 Å². The van der Waals surface area contributed by atoms with Crippen LogP contribution in [0.15, 0.2) is 18.2 Å². The van der Waals surface area contributed by atoms with Gasteiger partial charge >= 0.3 is 0 Å². The Morgan fingerprint density at radius 3 is 2.29 bits per heavy atom. The van der Waals surface area contributed by atoms with Gasteiger partial charge in [-0.1, -0.05) is 13.0 Å². The fourth-order valence-corrected chi connectivity index (χ4v) is 1.61. The molecule has 3 nitrogen and oxygen atoms in total. The number of aryl methyl sites for hydroxylation is 2. The Balaban J connectivity index is 2.92. The number of rotatable bonds is 3. The fourth-order valence-electron chi connectivity index (χ4n) is 1.61. The quantitative estimate of drug-likeness (QED) is 0.867. The molecule has 0 aromatic heterocycles. The lowest BCUT2D eigenvalue weighted by molar-refractivity contribution is -0.122. The monoisotopic (exact) mass is 230 g/mol. The zero-order valence-corrected chi connectivity index (χ0v) is 10.8. The van der Waals surface area contributed by atoms with Crippen molar-refractivity contribution in [3.05, 3.63) is 29.3 Å². The molecule has 1 aromatic rings. The third-order valence-corrected chi connectivity index (χ3v) is 2.93. The van der Waals surface area contributed by atoms with Crippen molar-refractivity contribution in [3.63, 3.8) is 0 Å². The summed E-state index contributed by atoms with van der Waals surface area (Å²) in [6.45, 7) is 7.45. The smallest absolute Gasteiger partial charge is 0.244 e. The molecule has 1 atom stereocenters. The third-order valence-electron chi connectivity index (χ3n) is 2.93. The zero-order chi connectivity index (χ0) is 13.1. The van der Waals surface area contributed by atoms with E-state index in [-0.39, 0.29) is 5.91 Å². The summed E-state index contributed by atoms with van der Waals surface area (Å²) >= 11 is 0. The van der Waals surface area contributed by atoms with E-state index < -0.39 is 5.41 Å². The van der Waals surface area contributed by atoms with Crippen molar-refractivity contribution in [1.82, 2.24) is 0 Å². The second kappa shape index (κ2) is 5.01. The molecule has 1 N–H and O–H groups in total. The van der Waals surface area contributed by atoms with E-state index in [1.54, 1.807) is 6.92 Å².